The van der Waals surface area contributed by atoms with Crippen LogP contribution in [0.2, 0.25) is 5.02 Å². The largest absolute Gasteiger partial charge is 0.497 e. The summed E-state index contributed by atoms with van der Waals surface area (Å²) in [6, 6.07) is 14.5. The molecule has 3 rings (SSSR count). The SMILES string of the molecule is COc1cccc(OC(C)C(=O)Nc2ccc(S(=O)(=O)Nc3ccc(Cl)c(C(F)(F)F)c3)cc2)c1. The van der Waals surface area contributed by atoms with Crippen LogP contribution in [0.3, 0.4) is 0 Å². The van der Waals surface area contributed by atoms with Gasteiger partial charge in [-0.05, 0) is 61.5 Å². The minimum atomic E-state index is -4.74. The summed E-state index contributed by atoms with van der Waals surface area (Å²) >= 11 is 5.56. The van der Waals surface area contributed by atoms with Crippen LogP contribution in [0.15, 0.2) is 71.6 Å². The smallest absolute Gasteiger partial charge is 0.417 e. The second-order valence-electron chi connectivity index (χ2n) is 7.25. The van der Waals surface area contributed by atoms with Crippen molar-refractivity contribution in [2.45, 2.75) is 24.1 Å². The van der Waals surface area contributed by atoms with Gasteiger partial charge in [0.1, 0.15) is 11.5 Å². The maximum absolute atomic E-state index is 13.0. The number of hydrogen-bond donors (Lipinski definition) is 2. The Balaban J connectivity index is 1.67. The number of benzene rings is 3. The number of hydrogen-bond acceptors (Lipinski definition) is 5. The fourth-order valence-corrected chi connectivity index (χ4v) is 4.19. The summed E-state index contributed by atoms with van der Waals surface area (Å²) < 4.78 is 77.1. The Bertz CT molecular complexity index is 1320. The summed E-state index contributed by atoms with van der Waals surface area (Å²) in [5, 5.41) is 2.05. The minimum absolute atomic E-state index is 0.223. The second kappa shape index (κ2) is 10.4. The Kier molecular flexibility index (Phi) is 7.81. The first kappa shape index (κ1) is 26.2. The topological polar surface area (TPSA) is 93.7 Å². The molecule has 35 heavy (non-hydrogen) atoms. The maximum atomic E-state index is 13.0. The third-order valence-corrected chi connectivity index (χ3v) is 6.41. The van der Waals surface area contributed by atoms with Gasteiger partial charge in [-0.25, -0.2) is 8.42 Å². The molecule has 1 atom stereocenters. The van der Waals surface area contributed by atoms with E-state index >= 15 is 0 Å². The predicted octanol–water partition coefficient (Wildman–Crippen LogP) is 5.57. The molecule has 0 saturated heterocycles. The van der Waals surface area contributed by atoms with Gasteiger partial charge < -0.3 is 14.8 Å². The highest BCUT2D eigenvalue weighted by Gasteiger charge is 2.33. The van der Waals surface area contributed by atoms with Crippen molar-refractivity contribution in [3.8, 4) is 11.5 Å². The van der Waals surface area contributed by atoms with E-state index in [4.69, 9.17) is 21.1 Å². The molecule has 3 aromatic carbocycles. The first-order valence-corrected chi connectivity index (χ1v) is 11.9. The Morgan fingerprint density at radius 3 is 2.23 bits per heavy atom. The van der Waals surface area contributed by atoms with E-state index in [0.717, 1.165) is 12.1 Å². The monoisotopic (exact) mass is 528 g/mol. The normalized spacial score (nSPS) is 12.5. The molecular formula is C23H20ClF3N2O5S. The van der Waals surface area contributed by atoms with Crippen molar-refractivity contribution < 1.29 is 35.9 Å². The van der Waals surface area contributed by atoms with Crippen LogP contribution in [0, 0.1) is 0 Å². The lowest BCUT2D eigenvalue weighted by atomic mass is 10.2. The lowest BCUT2D eigenvalue weighted by molar-refractivity contribution is -0.137. The molecule has 3 aromatic rings. The molecule has 0 bridgehead atoms. The lowest BCUT2D eigenvalue weighted by Crippen LogP contribution is -2.30. The van der Waals surface area contributed by atoms with Crippen molar-refractivity contribution >= 4 is 38.9 Å². The van der Waals surface area contributed by atoms with Gasteiger partial charge in [0.25, 0.3) is 15.9 Å². The molecule has 0 radical (unpaired) electrons. The number of alkyl halides is 3. The molecule has 0 aliphatic heterocycles. The first-order valence-electron chi connectivity index (χ1n) is 10.0. The van der Waals surface area contributed by atoms with E-state index in [2.05, 4.69) is 10.0 Å². The van der Waals surface area contributed by atoms with Crippen LogP contribution in [0.5, 0.6) is 11.5 Å². The molecule has 2 N–H and O–H groups in total. The van der Waals surface area contributed by atoms with Crippen molar-refractivity contribution in [2.24, 2.45) is 0 Å². The molecule has 0 spiro atoms. The summed E-state index contributed by atoms with van der Waals surface area (Å²) in [6.45, 7) is 1.54. The van der Waals surface area contributed by atoms with Gasteiger partial charge in [-0.3, -0.25) is 9.52 Å². The number of sulfonamides is 1. The Labute approximate surface area is 204 Å². The fourth-order valence-electron chi connectivity index (χ4n) is 2.91. The molecule has 1 amide bonds. The molecule has 0 fully saturated rings. The predicted molar refractivity (Wildman–Crippen MR) is 125 cm³/mol. The summed E-state index contributed by atoms with van der Waals surface area (Å²) in [6.07, 6.45) is -5.62. The van der Waals surface area contributed by atoms with Gasteiger partial charge >= 0.3 is 6.18 Å². The molecule has 0 heterocycles. The standard InChI is InChI=1S/C23H20ClF3N2O5S/c1-14(34-18-5-3-4-17(13-18)33-2)22(30)28-15-6-9-19(10-7-15)35(31,32)29-16-8-11-21(24)20(12-16)23(25,26)27/h3-14,29H,1-2H3,(H,28,30). The Morgan fingerprint density at radius 2 is 1.60 bits per heavy atom. The number of carbonyl (C=O) groups excluding carboxylic acids is 1. The number of amides is 1. The average molecular weight is 529 g/mol. The van der Waals surface area contributed by atoms with E-state index in [1.165, 1.54) is 31.4 Å². The van der Waals surface area contributed by atoms with E-state index < -0.39 is 38.8 Å². The van der Waals surface area contributed by atoms with Crippen molar-refractivity contribution in [1.82, 2.24) is 0 Å². The van der Waals surface area contributed by atoms with Crippen LogP contribution in [-0.2, 0) is 21.0 Å². The van der Waals surface area contributed by atoms with E-state index in [0.29, 0.717) is 23.3 Å². The van der Waals surface area contributed by atoms with Gasteiger partial charge in [-0.2, -0.15) is 13.2 Å². The van der Waals surface area contributed by atoms with E-state index in [9.17, 15) is 26.4 Å². The summed E-state index contributed by atoms with van der Waals surface area (Å²) in [4.78, 5) is 12.2. The van der Waals surface area contributed by atoms with Crippen LogP contribution in [-0.4, -0.2) is 27.5 Å². The van der Waals surface area contributed by atoms with Crippen LogP contribution < -0.4 is 19.5 Å². The van der Waals surface area contributed by atoms with Gasteiger partial charge in [0.05, 0.1) is 22.6 Å². The van der Waals surface area contributed by atoms with Crippen molar-refractivity contribution in [3.05, 3.63) is 77.3 Å². The minimum Gasteiger partial charge on any atom is -0.497 e. The van der Waals surface area contributed by atoms with Gasteiger partial charge in [-0.15, -0.1) is 0 Å². The Morgan fingerprint density at radius 1 is 0.971 bits per heavy atom. The highest BCUT2D eigenvalue weighted by molar-refractivity contribution is 7.92. The second-order valence-corrected chi connectivity index (χ2v) is 9.34. The first-order chi connectivity index (χ1) is 16.4. The number of ether oxygens (including phenoxy) is 2. The molecule has 0 saturated carbocycles. The fraction of sp³-hybridized carbons (Fsp3) is 0.174. The summed E-state index contributed by atoms with van der Waals surface area (Å²) in [7, 11) is -2.70. The van der Waals surface area contributed by atoms with E-state index in [-0.39, 0.29) is 10.6 Å². The quantitative estimate of drug-likeness (QED) is 0.398. The number of anilines is 2. The van der Waals surface area contributed by atoms with Crippen LogP contribution in [0.25, 0.3) is 0 Å². The third kappa shape index (κ3) is 6.80. The summed E-state index contributed by atoms with van der Waals surface area (Å²) in [5.41, 5.74) is -1.17. The lowest BCUT2D eigenvalue weighted by Gasteiger charge is -2.16. The third-order valence-electron chi connectivity index (χ3n) is 4.68. The zero-order valence-electron chi connectivity index (χ0n) is 18.4. The van der Waals surface area contributed by atoms with Crippen molar-refractivity contribution in [2.75, 3.05) is 17.1 Å². The highest BCUT2D eigenvalue weighted by Crippen LogP contribution is 2.36. The average Bonchev–Trinajstić information content (AvgIpc) is 2.80. The van der Waals surface area contributed by atoms with Gasteiger partial charge in [0, 0.05) is 17.4 Å². The zero-order valence-corrected chi connectivity index (χ0v) is 20.0. The highest BCUT2D eigenvalue weighted by atomic mass is 35.5. The number of carbonyl (C=O) groups is 1. The molecule has 186 valence electrons. The number of nitrogens with one attached hydrogen (secondary N) is 2. The van der Waals surface area contributed by atoms with Gasteiger partial charge in [0.2, 0.25) is 0 Å². The molecule has 0 aliphatic carbocycles. The molecule has 12 heteroatoms. The van der Waals surface area contributed by atoms with Crippen LogP contribution in [0.4, 0.5) is 24.5 Å². The molecule has 1 unspecified atom stereocenters. The molecule has 0 aromatic heterocycles. The summed E-state index contributed by atoms with van der Waals surface area (Å²) in [5.74, 6) is 0.506. The maximum Gasteiger partial charge on any atom is 0.417 e. The molecular weight excluding hydrogens is 509 g/mol. The van der Waals surface area contributed by atoms with Crippen LogP contribution in [0.1, 0.15) is 12.5 Å². The molecule has 7 nitrogen and oxygen atoms in total. The van der Waals surface area contributed by atoms with Crippen LogP contribution >= 0.6 is 11.6 Å². The number of rotatable bonds is 8. The van der Waals surface area contributed by atoms with Crippen molar-refractivity contribution in [1.29, 1.82) is 0 Å². The van der Waals surface area contributed by atoms with Crippen molar-refractivity contribution in [3.63, 3.8) is 0 Å². The molecule has 0 aliphatic rings. The number of methoxy groups -OCH3 is 1. The Hall–Kier alpha value is -3.44. The van der Waals surface area contributed by atoms with Gasteiger partial charge in [-0.1, -0.05) is 17.7 Å². The number of halogens is 4. The van der Waals surface area contributed by atoms with E-state index in [1.54, 1.807) is 31.2 Å². The van der Waals surface area contributed by atoms with Gasteiger partial charge in [0.15, 0.2) is 6.10 Å². The van der Waals surface area contributed by atoms with E-state index in [1.807, 2.05) is 0 Å². The zero-order chi connectivity index (χ0) is 25.8.